The molecule has 0 heterocycles. The minimum Gasteiger partial charge on any atom is -0.335 e. The minimum atomic E-state index is -0.592. The lowest BCUT2D eigenvalue weighted by molar-refractivity contribution is -0.118. The molecule has 1 aliphatic rings. The number of urea groups is 1. The van der Waals surface area contributed by atoms with Crippen molar-refractivity contribution >= 4 is 11.9 Å². The monoisotopic (exact) mass is 225 g/mol. The summed E-state index contributed by atoms with van der Waals surface area (Å²) in [5.74, 6) is -0.592. The molecule has 0 radical (unpaired) electrons. The zero-order valence-electron chi connectivity index (χ0n) is 8.98. The van der Waals surface area contributed by atoms with Gasteiger partial charge in [0.25, 0.3) is 0 Å². The predicted octanol–water partition coefficient (Wildman–Crippen LogP) is 1.46. The van der Waals surface area contributed by atoms with Gasteiger partial charge in [0.1, 0.15) is 6.54 Å². The Balaban J connectivity index is 2.23. The van der Waals surface area contributed by atoms with Gasteiger partial charge >= 0.3 is 6.03 Å². The fraction of sp³-hybridized carbons (Fsp3) is 0.778. The smallest absolute Gasteiger partial charge is 0.321 e. The summed E-state index contributed by atoms with van der Waals surface area (Å²) in [4.78, 5) is 24.8. The third-order valence-corrected chi connectivity index (χ3v) is 2.47. The van der Waals surface area contributed by atoms with Crippen molar-refractivity contribution in [3.05, 3.63) is 10.4 Å². The zero-order chi connectivity index (χ0) is 11.8. The zero-order valence-corrected chi connectivity index (χ0v) is 8.98. The van der Waals surface area contributed by atoms with Crippen LogP contribution in [-0.4, -0.2) is 24.5 Å². The number of hydrogen-bond acceptors (Lipinski definition) is 3. The molecule has 0 unspecified atom stereocenters. The lowest BCUT2D eigenvalue weighted by Crippen LogP contribution is -2.45. The third-order valence-electron chi connectivity index (χ3n) is 2.47. The van der Waals surface area contributed by atoms with Gasteiger partial charge in [0.05, 0.1) is 0 Å². The van der Waals surface area contributed by atoms with Crippen LogP contribution in [0.5, 0.6) is 0 Å². The van der Waals surface area contributed by atoms with Crippen LogP contribution >= 0.6 is 0 Å². The Hall–Kier alpha value is -1.75. The number of nitrogens with one attached hydrogen (secondary N) is 2. The second kappa shape index (κ2) is 6.68. The number of amides is 3. The van der Waals surface area contributed by atoms with E-state index in [1.165, 1.54) is 6.42 Å². The highest BCUT2D eigenvalue weighted by molar-refractivity contribution is 5.95. The largest absolute Gasteiger partial charge is 0.335 e. The number of imide groups is 1. The van der Waals surface area contributed by atoms with Gasteiger partial charge in [-0.1, -0.05) is 24.4 Å². The minimum absolute atomic E-state index is 0.154. The maximum Gasteiger partial charge on any atom is 0.321 e. The van der Waals surface area contributed by atoms with Crippen molar-refractivity contribution in [2.45, 2.75) is 38.1 Å². The molecule has 2 N–H and O–H groups in total. The number of hydrogen-bond donors (Lipinski definition) is 2. The summed E-state index contributed by atoms with van der Waals surface area (Å²) in [6, 6.07) is -0.356. The van der Waals surface area contributed by atoms with E-state index >= 15 is 0 Å². The summed E-state index contributed by atoms with van der Waals surface area (Å²) in [5.41, 5.74) is 7.99. The molecule has 88 valence electrons. The number of rotatable bonds is 3. The van der Waals surface area contributed by atoms with Gasteiger partial charge in [-0.3, -0.25) is 10.1 Å². The summed E-state index contributed by atoms with van der Waals surface area (Å²) >= 11 is 0. The van der Waals surface area contributed by atoms with Gasteiger partial charge in [-0.05, 0) is 18.4 Å². The molecule has 0 bridgehead atoms. The van der Waals surface area contributed by atoms with Crippen LogP contribution in [0.15, 0.2) is 5.11 Å². The van der Waals surface area contributed by atoms with Gasteiger partial charge < -0.3 is 5.32 Å². The van der Waals surface area contributed by atoms with E-state index in [9.17, 15) is 9.59 Å². The van der Waals surface area contributed by atoms with Crippen LogP contribution in [0.2, 0.25) is 0 Å². The van der Waals surface area contributed by atoms with Crippen LogP contribution in [0, 0.1) is 0 Å². The fourth-order valence-corrected chi connectivity index (χ4v) is 1.73. The summed E-state index contributed by atoms with van der Waals surface area (Å²) < 4.78 is 0. The number of carbonyl (C=O) groups excluding carboxylic acids is 2. The predicted molar refractivity (Wildman–Crippen MR) is 57.6 cm³/mol. The SMILES string of the molecule is [N-]=[N+]=NCC(=O)NC(=O)NC1CCCCC1. The van der Waals surface area contributed by atoms with E-state index in [1.54, 1.807) is 0 Å². The van der Waals surface area contributed by atoms with Crippen LogP contribution in [0.4, 0.5) is 4.79 Å². The highest BCUT2D eigenvalue weighted by Gasteiger charge is 2.16. The van der Waals surface area contributed by atoms with Crippen molar-refractivity contribution in [2.75, 3.05) is 6.54 Å². The highest BCUT2D eigenvalue weighted by Crippen LogP contribution is 2.16. The molecule has 0 saturated heterocycles. The molecule has 0 aromatic rings. The van der Waals surface area contributed by atoms with Crippen LogP contribution < -0.4 is 10.6 Å². The standard InChI is InChI=1S/C9H15N5O2/c10-14-11-6-8(15)13-9(16)12-7-4-2-1-3-5-7/h7H,1-6H2,(H2,12,13,15,16). The Labute approximate surface area is 93.2 Å². The second-order valence-corrected chi connectivity index (χ2v) is 3.75. The van der Waals surface area contributed by atoms with Crippen LogP contribution in [-0.2, 0) is 4.79 Å². The molecule has 1 rings (SSSR count). The molecule has 0 aliphatic heterocycles. The second-order valence-electron chi connectivity index (χ2n) is 3.75. The van der Waals surface area contributed by atoms with E-state index < -0.39 is 11.9 Å². The first-order chi connectivity index (χ1) is 7.72. The number of azide groups is 1. The van der Waals surface area contributed by atoms with E-state index in [4.69, 9.17) is 5.53 Å². The van der Waals surface area contributed by atoms with E-state index in [2.05, 4.69) is 20.7 Å². The molecule has 1 saturated carbocycles. The Kier molecular flexibility index (Phi) is 5.15. The van der Waals surface area contributed by atoms with Crippen LogP contribution in [0.3, 0.4) is 0 Å². The first kappa shape index (κ1) is 12.3. The average Bonchev–Trinajstić information content (AvgIpc) is 2.27. The summed E-state index contributed by atoms with van der Waals surface area (Å²) in [5, 5.41) is 7.89. The van der Waals surface area contributed by atoms with Gasteiger partial charge in [-0.25, -0.2) is 4.79 Å². The molecule has 7 nitrogen and oxygen atoms in total. The Morgan fingerprint density at radius 2 is 2.00 bits per heavy atom. The Morgan fingerprint density at radius 1 is 1.31 bits per heavy atom. The van der Waals surface area contributed by atoms with Gasteiger partial charge in [0, 0.05) is 11.0 Å². The molecule has 0 atom stereocenters. The lowest BCUT2D eigenvalue weighted by Gasteiger charge is -2.22. The molecule has 7 heteroatoms. The first-order valence-corrected chi connectivity index (χ1v) is 5.33. The van der Waals surface area contributed by atoms with Crippen LogP contribution in [0.25, 0.3) is 10.4 Å². The summed E-state index contributed by atoms with van der Waals surface area (Å²) in [6.45, 7) is -0.353. The van der Waals surface area contributed by atoms with Gasteiger partial charge in [-0.2, -0.15) is 0 Å². The molecule has 16 heavy (non-hydrogen) atoms. The van der Waals surface area contributed by atoms with Crippen molar-refractivity contribution < 1.29 is 9.59 Å². The molecule has 1 fully saturated rings. The van der Waals surface area contributed by atoms with E-state index in [0.29, 0.717) is 0 Å². The number of carbonyl (C=O) groups is 2. The number of nitrogens with zero attached hydrogens (tertiary/aromatic N) is 3. The maximum atomic E-state index is 11.3. The summed E-state index contributed by atoms with van der Waals surface area (Å²) in [7, 11) is 0. The third kappa shape index (κ3) is 4.65. The van der Waals surface area contributed by atoms with Crippen molar-refractivity contribution in [1.82, 2.24) is 10.6 Å². The average molecular weight is 225 g/mol. The fourth-order valence-electron chi connectivity index (χ4n) is 1.73. The van der Waals surface area contributed by atoms with E-state index in [1.807, 2.05) is 0 Å². The molecule has 0 aromatic heterocycles. The molecule has 0 aromatic carbocycles. The van der Waals surface area contributed by atoms with Gasteiger partial charge in [0.2, 0.25) is 5.91 Å². The van der Waals surface area contributed by atoms with Crippen molar-refractivity contribution in [2.24, 2.45) is 5.11 Å². The quantitative estimate of drug-likeness (QED) is 0.431. The molecular weight excluding hydrogens is 210 g/mol. The van der Waals surface area contributed by atoms with Crippen LogP contribution in [0.1, 0.15) is 32.1 Å². The maximum absolute atomic E-state index is 11.3. The van der Waals surface area contributed by atoms with E-state index in [0.717, 1.165) is 25.7 Å². The van der Waals surface area contributed by atoms with Crippen molar-refractivity contribution in [3.8, 4) is 0 Å². The molecule has 0 spiro atoms. The topological polar surface area (TPSA) is 107 Å². The molecule has 1 aliphatic carbocycles. The van der Waals surface area contributed by atoms with Crippen molar-refractivity contribution in [3.63, 3.8) is 0 Å². The first-order valence-electron chi connectivity index (χ1n) is 5.33. The summed E-state index contributed by atoms with van der Waals surface area (Å²) in [6.07, 6.45) is 5.33. The molecule has 3 amide bonds. The normalized spacial score (nSPS) is 16.0. The Bertz CT molecular complexity index is 305. The highest BCUT2D eigenvalue weighted by atomic mass is 16.2. The molecular formula is C9H15N5O2. The van der Waals surface area contributed by atoms with Crippen molar-refractivity contribution in [1.29, 1.82) is 0 Å². The Morgan fingerprint density at radius 3 is 2.62 bits per heavy atom. The van der Waals surface area contributed by atoms with Gasteiger partial charge in [0.15, 0.2) is 0 Å². The van der Waals surface area contributed by atoms with Gasteiger partial charge in [-0.15, -0.1) is 0 Å². The van der Waals surface area contributed by atoms with E-state index in [-0.39, 0.29) is 12.6 Å². The lowest BCUT2D eigenvalue weighted by atomic mass is 9.96.